The van der Waals surface area contributed by atoms with Crippen molar-refractivity contribution >= 4 is 23.0 Å². The summed E-state index contributed by atoms with van der Waals surface area (Å²) in [5.41, 5.74) is 0.282. The molecular formula is C27H24N4O6. The summed E-state index contributed by atoms with van der Waals surface area (Å²) in [4.78, 5) is 43.2. The summed E-state index contributed by atoms with van der Waals surface area (Å²) in [7, 11) is 0. The zero-order valence-electron chi connectivity index (χ0n) is 20.6. The Morgan fingerprint density at radius 1 is 1.14 bits per heavy atom. The molecule has 5 rings (SSSR count). The number of hydrogen-bond acceptors (Lipinski definition) is 9. The number of aromatic hydroxyl groups is 2. The molecule has 2 heterocycles. The van der Waals surface area contributed by atoms with Crippen molar-refractivity contribution in [3.05, 3.63) is 82.3 Å². The van der Waals surface area contributed by atoms with Crippen LogP contribution in [0.2, 0.25) is 0 Å². The Hall–Kier alpha value is -4.73. The summed E-state index contributed by atoms with van der Waals surface area (Å²) in [6.45, 7) is 6.39. The highest BCUT2D eigenvalue weighted by molar-refractivity contribution is 6.31. The number of hydrogen-bond donors (Lipinski definition) is 3. The van der Waals surface area contributed by atoms with Crippen LogP contribution in [0.4, 0.5) is 5.69 Å². The van der Waals surface area contributed by atoms with Crippen LogP contribution in [0, 0.1) is 6.92 Å². The molecule has 0 radical (unpaired) electrons. The number of phenolic OH excluding ortho intramolecular Hbond substituents is 2. The largest absolute Gasteiger partial charge is 0.507 e. The van der Waals surface area contributed by atoms with Crippen LogP contribution < -0.4 is 10.1 Å². The number of fused-ring (bicyclic) bond motifs is 3. The number of Topliss-reactive ketones (excluding diaryl/α,β-unsaturated/α-hetero) is 2. The topological polar surface area (TPSA) is 144 Å². The predicted molar refractivity (Wildman–Crippen MR) is 132 cm³/mol. The number of carbonyl (C=O) groups excluding carboxylic acids is 3. The van der Waals surface area contributed by atoms with Gasteiger partial charge in [-0.2, -0.15) is 5.10 Å². The monoisotopic (exact) mass is 500 g/mol. The molecule has 2 aliphatic rings. The fourth-order valence-electron chi connectivity index (χ4n) is 4.84. The fourth-order valence-corrected chi connectivity index (χ4v) is 4.84. The molecule has 188 valence electrons. The first-order valence-corrected chi connectivity index (χ1v) is 11.5. The van der Waals surface area contributed by atoms with Gasteiger partial charge in [-0.05, 0) is 45.4 Å². The number of allylic oxidation sites excluding steroid dienone is 4. The van der Waals surface area contributed by atoms with Gasteiger partial charge in [0.2, 0.25) is 0 Å². The van der Waals surface area contributed by atoms with Crippen LogP contribution in [0.1, 0.15) is 47.8 Å². The van der Waals surface area contributed by atoms with Crippen molar-refractivity contribution in [3.8, 4) is 17.2 Å². The Morgan fingerprint density at radius 2 is 1.84 bits per heavy atom. The second-order valence-corrected chi connectivity index (χ2v) is 9.30. The number of carbonyl (C=O) groups is 3. The minimum absolute atomic E-state index is 0.00526. The van der Waals surface area contributed by atoms with E-state index in [1.807, 2.05) is 24.3 Å². The molecule has 10 heteroatoms. The predicted octanol–water partition coefficient (Wildman–Crippen LogP) is 3.32. The first-order valence-electron chi connectivity index (χ1n) is 11.5. The maximum absolute atomic E-state index is 13.9. The van der Waals surface area contributed by atoms with E-state index in [9.17, 15) is 24.6 Å². The van der Waals surface area contributed by atoms with E-state index in [1.165, 1.54) is 33.2 Å². The number of anilines is 1. The zero-order chi connectivity index (χ0) is 26.6. The summed E-state index contributed by atoms with van der Waals surface area (Å²) in [5, 5.41) is 28.6. The lowest BCUT2D eigenvalue weighted by molar-refractivity contribution is -0.123. The molecule has 0 unspecified atom stereocenters. The third-order valence-electron chi connectivity index (χ3n) is 6.86. The van der Waals surface area contributed by atoms with E-state index >= 15 is 0 Å². The first-order chi connectivity index (χ1) is 17.5. The maximum atomic E-state index is 13.9. The molecule has 0 fully saturated rings. The molecule has 0 spiro atoms. The standard InChI is InChI=1S/C27H24N4O6/c1-13-23(34)21(15(3)32)25-22(24(13)35)27(4)19(37-25)9-18(33)20(26(27)36)14(2)30-17-7-5-16(6-8-17)10-31-12-28-11-29-31/h5-9,11-12,30,34-35H,10H2,1-4H3/t27-/m0/s1. The molecule has 37 heavy (non-hydrogen) atoms. The Kier molecular flexibility index (Phi) is 5.47. The van der Waals surface area contributed by atoms with Gasteiger partial charge >= 0.3 is 0 Å². The third-order valence-corrected chi connectivity index (χ3v) is 6.86. The molecule has 3 aromatic rings. The lowest BCUT2D eigenvalue weighted by Crippen LogP contribution is -2.40. The normalized spacial score (nSPS) is 19.6. The van der Waals surface area contributed by atoms with Gasteiger partial charge in [0.15, 0.2) is 17.3 Å². The number of ketones is 3. The van der Waals surface area contributed by atoms with E-state index in [0.29, 0.717) is 17.9 Å². The van der Waals surface area contributed by atoms with E-state index < -0.39 is 28.5 Å². The van der Waals surface area contributed by atoms with Crippen LogP contribution in [0.15, 0.2) is 60.0 Å². The second-order valence-electron chi connectivity index (χ2n) is 9.30. The van der Waals surface area contributed by atoms with E-state index in [2.05, 4.69) is 15.4 Å². The molecule has 0 saturated heterocycles. The number of nitrogens with one attached hydrogen (secondary N) is 1. The Labute approximate surface area is 211 Å². The van der Waals surface area contributed by atoms with Gasteiger partial charge in [0, 0.05) is 23.0 Å². The number of nitrogens with zero attached hydrogens (tertiary/aromatic N) is 3. The smallest absolute Gasteiger partial charge is 0.194 e. The van der Waals surface area contributed by atoms with Gasteiger partial charge in [-0.3, -0.25) is 14.4 Å². The summed E-state index contributed by atoms with van der Waals surface area (Å²) in [5.74, 6) is -2.56. The number of aromatic nitrogens is 3. The molecule has 3 N–H and O–H groups in total. The average molecular weight is 501 g/mol. The van der Waals surface area contributed by atoms with Crippen molar-refractivity contribution in [1.29, 1.82) is 0 Å². The van der Waals surface area contributed by atoms with Crippen molar-refractivity contribution in [2.24, 2.45) is 0 Å². The SMILES string of the molecule is CC(=O)c1c(O)c(C)c(O)c2c1OC1=CC(=O)C(=C(C)Nc3ccc(Cn4cncn4)cc3)C(=O)[C@@]12C. The molecule has 1 aromatic heterocycles. The molecule has 0 bridgehead atoms. The minimum atomic E-state index is -1.56. The van der Waals surface area contributed by atoms with Gasteiger partial charge < -0.3 is 20.3 Å². The molecule has 2 aromatic carbocycles. The second kappa shape index (κ2) is 8.44. The summed E-state index contributed by atoms with van der Waals surface area (Å²) >= 11 is 0. The summed E-state index contributed by atoms with van der Waals surface area (Å²) in [6, 6.07) is 7.43. The van der Waals surface area contributed by atoms with Gasteiger partial charge in [0.1, 0.15) is 46.6 Å². The van der Waals surface area contributed by atoms with Gasteiger partial charge in [-0.25, -0.2) is 9.67 Å². The highest BCUT2D eigenvalue weighted by Gasteiger charge is 2.56. The first kappa shape index (κ1) is 24.0. The lowest BCUT2D eigenvalue weighted by Gasteiger charge is -2.29. The van der Waals surface area contributed by atoms with Gasteiger partial charge in [0.25, 0.3) is 0 Å². The Balaban J connectivity index is 1.53. The van der Waals surface area contributed by atoms with E-state index in [1.54, 1.807) is 17.9 Å². The van der Waals surface area contributed by atoms with Crippen molar-refractivity contribution in [2.75, 3.05) is 5.32 Å². The van der Waals surface area contributed by atoms with Crippen molar-refractivity contribution < 1.29 is 29.3 Å². The number of ether oxygens (including phenoxy) is 1. The molecule has 0 saturated carbocycles. The zero-order valence-corrected chi connectivity index (χ0v) is 20.6. The molecule has 1 aliphatic heterocycles. The number of benzene rings is 2. The van der Waals surface area contributed by atoms with Crippen LogP contribution in [-0.4, -0.2) is 42.3 Å². The molecule has 10 nitrogen and oxygen atoms in total. The average Bonchev–Trinajstić information content (AvgIpc) is 3.45. The van der Waals surface area contributed by atoms with Crippen LogP contribution in [-0.2, 0) is 21.5 Å². The van der Waals surface area contributed by atoms with E-state index in [4.69, 9.17) is 4.74 Å². The van der Waals surface area contributed by atoms with E-state index in [-0.39, 0.29) is 39.5 Å². The van der Waals surface area contributed by atoms with Crippen LogP contribution >= 0.6 is 0 Å². The molecule has 1 aliphatic carbocycles. The highest BCUT2D eigenvalue weighted by Crippen LogP contribution is 2.57. The quantitative estimate of drug-likeness (QED) is 0.273. The Morgan fingerprint density at radius 3 is 2.46 bits per heavy atom. The van der Waals surface area contributed by atoms with Gasteiger partial charge in [0.05, 0.1) is 17.7 Å². The van der Waals surface area contributed by atoms with Crippen LogP contribution in [0.3, 0.4) is 0 Å². The maximum Gasteiger partial charge on any atom is 0.194 e. The van der Waals surface area contributed by atoms with E-state index in [0.717, 1.165) is 5.56 Å². The summed E-state index contributed by atoms with van der Waals surface area (Å²) in [6.07, 6.45) is 4.27. The fraction of sp³-hybridized carbons (Fsp3) is 0.222. The molecular weight excluding hydrogens is 476 g/mol. The van der Waals surface area contributed by atoms with Gasteiger partial charge in [-0.1, -0.05) is 12.1 Å². The number of phenols is 2. The number of rotatable bonds is 5. The van der Waals surface area contributed by atoms with Crippen LogP contribution in [0.5, 0.6) is 17.2 Å². The highest BCUT2D eigenvalue weighted by atomic mass is 16.5. The van der Waals surface area contributed by atoms with Crippen molar-refractivity contribution in [3.63, 3.8) is 0 Å². The Bertz CT molecular complexity index is 1550. The van der Waals surface area contributed by atoms with Crippen LogP contribution in [0.25, 0.3) is 0 Å². The minimum Gasteiger partial charge on any atom is -0.507 e. The molecule has 0 amide bonds. The summed E-state index contributed by atoms with van der Waals surface area (Å²) < 4.78 is 7.48. The van der Waals surface area contributed by atoms with Gasteiger partial charge in [-0.15, -0.1) is 0 Å². The molecule has 1 atom stereocenters. The van der Waals surface area contributed by atoms with Crippen molar-refractivity contribution in [2.45, 2.75) is 39.7 Å². The lowest BCUT2D eigenvalue weighted by atomic mass is 9.70. The van der Waals surface area contributed by atoms with Crippen molar-refractivity contribution in [1.82, 2.24) is 14.8 Å². The third kappa shape index (κ3) is 3.60.